The molecular weight excluding hydrogens is 178 g/mol. The zero-order chi connectivity index (χ0) is 10.6. The molecule has 0 aromatic heterocycles. The summed E-state index contributed by atoms with van der Waals surface area (Å²) in [7, 11) is 0. The van der Waals surface area contributed by atoms with Gasteiger partial charge in [-0.25, -0.2) is 0 Å². The fraction of sp³-hybridized carbons (Fsp3) is 0.900. The van der Waals surface area contributed by atoms with Crippen molar-refractivity contribution in [3.05, 3.63) is 0 Å². The van der Waals surface area contributed by atoms with Gasteiger partial charge in [-0.2, -0.15) is 0 Å². The van der Waals surface area contributed by atoms with E-state index in [4.69, 9.17) is 5.73 Å². The fourth-order valence-corrected chi connectivity index (χ4v) is 1.85. The molecule has 82 valence electrons. The predicted molar refractivity (Wildman–Crippen MR) is 56.9 cm³/mol. The molecule has 0 radical (unpaired) electrons. The van der Waals surface area contributed by atoms with E-state index in [1.54, 1.807) is 0 Å². The highest BCUT2D eigenvalue weighted by Crippen LogP contribution is 2.07. The minimum Gasteiger partial charge on any atom is -0.368 e. The van der Waals surface area contributed by atoms with Crippen LogP contribution in [0.5, 0.6) is 0 Å². The third kappa shape index (κ3) is 3.64. The van der Waals surface area contributed by atoms with Crippen molar-refractivity contribution in [2.75, 3.05) is 19.6 Å². The van der Waals surface area contributed by atoms with Gasteiger partial charge in [-0.3, -0.25) is 4.79 Å². The van der Waals surface area contributed by atoms with Gasteiger partial charge in [0.25, 0.3) is 0 Å². The Balaban J connectivity index is 2.37. The molecule has 0 aromatic carbocycles. The number of nitrogens with zero attached hydrogens (tertiary/aromatic N) is 1. The number of nitrogens with one attached hydrogen (secondary N) is 1. The molecule has 1 aliphatic rings. The molecule has 1 unspecified atom stereocenters. The van der Waals surface area contributed by atoms with E-state index in [1.165, 1.54) is 12.8 Å². The van der Waals surface area contributed by atoms with Crippen molar-refractivity contribution in [2.45, 2.75) is 38.8 Å². The summed E-state index contributed by atoms with van der Waals surface area (Å²) in [5.74, 6) is -0.245. The summed E-state index contributed by atoms with van der Waals surface area (Å²) in [6.45, 7) is 7.01. The number of rotatable bonds is 5. The van der Waals surface area contributed by atoms with E-state index in [-0.39, 0.29) is 11.9 Å². The maximum absolute atomic E-state index is 11.2. The van der Waals surface area contributed by atoms with Crippen LogP contribution >= 0.6 is 0 Å². The number of nitrogens with two attached hydrogens (primary N) is 1. The maximum atomic E-state index is 11.2. The molecule has 0 bridgehead atoms. The largest absolute Gasteiger partial charge is 0.368 e. The van der Waals surface area contributed by atoms with Crippen LogP contribution in [-0.4, -0.2) is 42.5 Å². The van der Waals surface area contributed by atoms with E-state index in [0.717, 1.165) is 19.6 Å². The Morgan fingerprint density at radius 3 is 2.43 bits per heavy atom. The normalized spacial score (nSPS) is 20.2. The summed E-state index contributed by atoms with van der Waals surface area (Å²) in [6, 6.07) is 0.100. The molecule has 14 heavy (non-hydrogen) atoms. The van der Waals surface area contributed by atoms with Crippen LogP contribution in [0.1, 0.15) is 26.7 Å². The molecular formula is C10H21N3O. The maximum Gasteiger partial charge on any atom is 0.235 e. The Kier molecular flexibility index (Phi) is 4.35. The van der Waals surface area contributed by atoms with Crippen molar-refractivity contribution < 1.29 is 4.79 Å². The van der Waals surface area contributed by atoms with Gasteiger partial charge in [0.05, 0.1) is 6.04 Å². The highest BCUT2D eigenvalue weighted by Gasteiger charge is 2.21. The SMILES string of the molecule is CC(C)NC(CN1CCCC1)C(N)=O. The average molecular weight is 199 g/mol. The van der Waals surface area contributed by atoms with Crippen LogP contribution in [0.25, 0.3) is 0 Å². The number of carbonyl (C=O) groups is 1. The predicted octanol–water partition coefficient (Wildman–Crippen LogP) is -0.0659. The molecule has 0 spiro atoms. The summed E-state index contributed by atoms with van der Waals surface area (Å²) in [5.41, 5.74) is 5.34. The summed E-state index contributed by atoms with van der Waals surface area (Å²) in [6.07, 6.45) is 2.49. The van der Waals surface area contributed by atoms with Crippen LogP contribution in [0, 0.1) is 0 Å². The quantitative estimate of drug-likeness (QED) is 0.652. The first kappa shape index (κ1) is 11.5. The molecule has 0 aliphatic carbocycles. The van der Waals surface area contributed by atoms with Crippen molar-refractivity contribution in [1.82, 2.24) is 10.2 Å². The molecule has 1 saturated heterocycles. The lowest BCUT2D eigenvalue weighted by Crippen LogP contribution is -2.50. The van der Waals surface area contributed by atoms with Crippen molar-refractivity contribution in [3.8, 4) is 0 Å². The van der Waals surface area contributed by atoms with Crippen LogP contribution in [0.15, 0.2) is 0 Å². The van der Waals surface area contributed by atoms with Gasteiger partial charge in [0.15, 0.2) is 0 Å². The molecule has 1 atom stereocenters. The first-order valence-electron chi connectivity index (χ1n) is 5.37. The summed E-state index contributed by atoms with van der Waals surface area (Å²) < 4.78 is 0. The molecule has 0 saturated carbocycles. The molecule has 1 heterocycles. The number of amides is 1. The van der Waals surface area contributed by atoms with Gasteiger partial charge in [0.1, 0.15) is 0 Å². The second-order valence-electron chi connectivity index (χ2n) is 4.28. The number of carbonyl (C=O) groups excluding carboxylic acids is 1. The smallest absolute Gasteiger partial charge is 0.235 e. The topological polar surface area (TPSA) is 58.4 Å². The van der Waals surface area contributed by atoms with E-state index < -0.39 is 0 Å². The molecule has 1 fully saturated rings. The highest BCUT2D eigenvalue weighted by molar-refractivity contribution is 5.80. The van der Waals surface area contributed by atoms with E-state index in [1.807, 2.05) is 13.8 Å². The number of hydrogen-bond acceptors (Lipinski definition) is 3. The van der Waals surface area contributed by atoms with Gasteiger partial charge in [-0.1, -0.05) is 13.8 Å². The summed E-state index contributed by atoms with van der Waals surface area (Å²) in [5, 5.41) is 3.19. The number of hydrogen-bond donors (Lipinski definition) is 2. The van der Waals surface area contributed by atoms with E-state index >= 15 is 0 Å². The Labute approximate surface area is 85.8 Å². The first-order chi connectivity index (χ1) is 6.59. The minimum absolute atomic E-state index is 0.201. The Morgan fingerprint density at radius 1 is 1.43 bits per heavy atom. The van der Waals surface area contributed by atoms with E-state index in [0.29, 0.717) is 6.04 Å². The van der Waals surface area contributed by atoms with Crippen molar-refractivity contribution in [2.24, 2.45) is 5.73 Å². The lowest BCUT2D eigenvalue weighted by Gasteiger charge is -2.23. The van der Waals surface area contributed by atoms with E-state index in [9.17, 15) is 4.79 Å². The first-order valence-corrected chi connectivity index (χ1v) is 5.37. The molecule has 1 amide bonds. The standard InChI is InChI=1S/C10H21N3O/c1-8(2)12-9(10(11)14)7-13-5-3-4-6-13/h8-9,12H,3-7H2,1-2H3,(H2,11,14). The van der Waals surface area contributed by atoms with Crippen LogP contribution in [0.2, 0.25) is 0 Å². The summed E-state index contributed by atoms with van der Waals surface area (Å²) >= 11 is 0. The third-order valence-corrected chi connectivity index (χ3v) is 2.52. The van der Waals surface area contributed by atoms with Crippen LogP contribution in [-0.2, 0) is 4.79 Å². The van der Waals surface area contributed by atoms with Gasteiger partial charge in [0, 0.05) is 12.6 Å². The molecule has 1 aliphatic heterocycles. The zero-order valence-corrected chi connectivity index (χ0v) is 9.12. The van der Waals surface area contributed by atoms with Crippen LogP contribution in [0.4, 0.5) is 0 Å². The highest BCUT2D eigenvalue weighted by atomic mass is 16.1. The van der Waals surface area contributed by atoms with Gasteiger partial charge in [-0.15, -0.1) is 0 Å². The van der Waals surface area contributed by atoms with Gasteiger partial charge < -0.3 is 16.0 Å². The second-order valence-corrected chi connectivity index (χ2v) is 4.28. The second kappa shape index (κ2) is 5.32. The average Bonchev–Trinajstić information content (AvgIpc) is 2.54. The van der Waals surface area contributed by atoms with Crippen LogP contribution < -0.4 is 11.1 Å². The fourth-order valence-electron chi connectivity index (χ4n) is 1.85. The van der Waals surface area contributed by atoms with Crippen molar-refractivity contribution >= 4 is 5.91 Å². The molecule has 3 N–H and O–H groups in total. The Morgan fingerprint density at radius 2 is 2.00 bits per heavy atom. The molecule has 4 heteroatoms. The van der Waals surface area contributed by atoms with Gasteiger partial charge in [-0.05, 0) is 25.9 Å². The minimum atomic E-state index is -0.245. The van der Waals surface area contributed by atoms with Crippen molar-refractivity contribution in [3.63, 3.8) is 0 Å². The van der Waals surface area contributed by atoms with Gasteiger partial charge in [0.2, 0.25) is 5.91 Å². The lowest BCUT2D eigenvalue weighted by atomic mass is 10.2. The van der Waals surface area contributed by atoms with E-state index in [2.05, 4.69) is 10.2 Å². The monoisotopic (exact) mass is 199 g/mol. The molecule has 1 rings (SSSR count). The molecule has 0 aromatic rings. The summed E-state index contributed by atoms with van der Waals surface area (Å²) in [4.78, 5) is 13.5. The van der Waals surface area contributed by atoms with Crippen LogP contribution in [0.3, 0.4) is 0 Å². The Bertz CT molecular complexity index is 188. The molecule has 4 nitrogen and oxygen atoms in total. The number of primary amides is 1. The third-order valence-electron chi connectivity index (χ3n) is 2.52. The van der Waals surface area contributed by atoms with Crippen molar-refractivity contribution in [1.29, 1.82) is 0 Å². The number of likely N-dealkylation sites (tertiary alicyclic amines) is 1. The Hall–Kier alpha value is -0.610. The lowest BCUT2D eigenvalue weighted by molar-refractivity contribution is -0.120. The zero-order valence-electron chi connectivity index (χ0n) is 9.12. The van der Waals surface area contributed by atoms with Gasteiger partial charge >= 0.3 is 0 Å².